The average Bonchev–Trinajstić information content (AvgIpc) is 3.08. The van der Waals surface area contributed by atoms with E-state index in [-0.39, 0.29) is 0 Å². The van der Waals surface area contributed by atoms with Crippen LogP contribution < -0.4 is 10.1 Å². The van der Waals surface area contributed by atoms with Crippen LogP contribution in [0.3, 0.4) is 0 Å². The van der Waals surface area contributed by atoms with Gasteiger partial charge in [0.15, 0.2) is 0 Å². The first kappa shape index (κ1) is 12.4. The molecular formula is C14H22N2O. The molecule has 1 N–H and O–H groups in total. The number of hydrogen-bond acceptors (Lipinski definition) is 3. The summed E-state index contributed by atoms with van der Waals surface area (Å²) in [5.41, 5.74) is 2.09. The van der Waals surface area contributed by atoms with Gasteiger partial charge in [-0.15, -0.1) is 0 Å². The van der Waals surface area contributed by atoms with Crippen LogP contribution in [0.4, 0.5) is 0 Å². The first-order valence-corrected chi connectivity index (χ1v) is 6.48. The first-order valence-electron chi connectivity index (χ1n) is 6.48. The molecule has 3 nitrogen and oxygen atoms in total. The maximum atomic E-state index is 5.80. The molecule has 0 saturated heterocycles. The van der Waals surface area contributed by atoms with Gasteiger partial charge in [0.05, 0.1) is 12.3 Å². The summed E-state index contributed by atoms with van der Waals surface area (Å²) in [6.07, 6.45) is 2.60. The van der Waals surface area contributed by atoms with Crippen molar-refractivity contribution >= 4 is 0 Å². The molecule has 0 radical (unpaired) electrons. The van der Waals surface area contributed by atoms with Crippen molar-refractivity contribution in [3.8, 4) is 5.75 Å². The largest absolute Gasteiger partial charge is 0.491 e. The third-order valence-corrected chi connectivity index (χ3v) is 2.78. The van der Waals surface area contributed by atoms with Crippen molar-refractivity contribution in [3.05, 3.63) is 23.5 Å². The van der Waals surface area contributed by atoms with E-state index in [1.807, 2.05) is 19.1 Å². The Labute approximate surface area is 104 Å². The Kier molecular flexibility index (Phi) is 4.00. The van der Waals surface area contributed by atoms with Crippen LogP contribution in [-0.2, 0) is 6.54 Å². The van der Waals surface area contributed by atoms with Gasteiger partial charge in [-0.25, -0.2) is 0 Å². The second-order valence-corrected chi connectivity index (χ2v) is 5.26. The minimum Gasteiger partial charge on any atom is -0.491 e. The van der Waals surface area contributed by atoms with Crippen molar-refractivity contribution in [2.45, 2.75) is 46.2 Å². The maximum Gasteiger partial charge on any atom is 0.142 e. The van der Waals surface area contributed by atoms with E-state index in [9.17, 15) is 0 Å². The van der Waals surface area contributed by atoms with Gasteiger partial charge in [0.25, 0.3) is 0 Å². The van der Waals surface area contributed by atoms with Gasteiger partial charge in [0.2, 0.25) is 0 Å². The molecule has 0 aromatic carbocycles. The molecule has 3 heteroatoms. The zero-order valence-corrected chi connectivity index (χ0v) is 11.0. The molecule has 1 heterocycles. The lowest BCUT2D eigenvalue weighted by molar-refractivity contribution is 0.266. The van der Waals surface area contributed by atoms with E-state index in [4.69, 9.17) is 4.74 Å². The molecule has 1 aliphatic carbocycles. The van der Waals surface area contributed by atoms with Gasteiger partial charge in [-0.2, -0.15) is 0 Å². The molecule has 2 rings (SSSR count). The van der Waals surface area contributed by atoms with Crippen molar-refractivity contribution in [3.63, 3.8) is 0 Å². The van der Waals surface area contributed by atoms with E-state index in [1.54, 1.807) is 0 Å². The zero-order chi connectivity index (χ0) is 12.3. The SMILES string of the molecule is Cc1ccc(OCC(C)C)c(CNC2CC2)n1. The average molecular weight is 234 g/mol. The van der Waals surface area contributed by atoms with Gasteiger partial charge < -0.3 is 10.1 Å². The molecule has 0 unspecified atom stereocenters. The predicted molar refractivity (Wildman–Crippen MR) is 69.2 cm³/mol. The molecule has 1 fully saturated rings. The number of rotatable bonds is 6. The Morgan fingerprint density at radius 2 is 2.18 bits per heavy atom. The summed E-state index contributed by atoms with van der Waals surface area (Å²) in [6, 6.07) is 4.75. The van der Waals surface area contributed by atoms with Gasteiger partial charge in [-0.3, -0.25) is 4.98 Å². The van der Waals surface area contributed by atoms with Crippen molar-refractivity contribution < 1.29 is 4.74 Å². The van der Waals surface area contributed by atoms with Crippen LogP contribution in [0.1, 0.15) is 38.1 Å². The Morgan fingerprint density at radius 1 is 1.41 bits per heavy atom. The van der Waals surface area contributed by atoms with Crippen LogP contribution in [0.2, 0.25) is 0 Å². The van der Waals surface area contributed by atoms with E-state index < -0.39 is 0 Å². The van der Waals surface area contributed by atoms with Crippen molar-refractivity contribution in [2.75, 3.05) is 6.61 Å². The fourth-order valence-corrected chi connectivity index (χ4v) is 1.64. The van der Waals surface area contributed by atoms with Crippen LogP contribution in [0.25, 0.3) is 0 Å². The summed E-state index contributed by atoms with van der Waals surface area (Å²) in [5, 5.41) is 3.49. The standard InChI is InChI=1S/C14H22N2O/c1-10(2)9-17-14-7-4-11(3)16-13(14)8-15-12-5-6-12/h4,7,10,12,15H,5-6,8-9H2,1-3H3. The quantitative estimate of drug-likeness (QED) is 0.821. The highest BCUT2D eigenvalue weighted by Gasteiger charge is 2.21. The Bertz CT molecular complexity index is 372. The number of nitrogens with one attached hydrogen (secondary N) is 1. The number of ether oxygens (including phenoxy) is 1. The minimum absolute atomic E-state index is 0.542. The van der Waals surface area contributed by atoms with Crippen LogP contribution in [0.5, 0.6) is 5.75 Å². The number of hydrogen-bond donors (Lipinski definition) is 1. The highest BCUT2D eigenvalue weighted by atomic mass is 16.5. The van der Waals surface area contributed by atoms with Crippen molar-refractivity contribution in [1.82, 2.24) is 10.3 Å². The molecule has 1 aliphatic rings. The monoisotopic (exact) mass is 234 g/mol. The molecule has 0 bridgehead atoms. The summed E-state index contributed by atoms with van der Waals surface area (Å²) >= 11 is 0. The van der Waals surface area contributed by atoms with Gasteiger partial charge in [0, 0.05) is 18.3 Å². The summed E-state index contributed by atoms with van der Waals surface area (Å²) in [7, 11) is 0. The molecule has 1 aromatic heterocycles. The lowest BCUT2D eigenvalue weighted by Crippen LogP contribution is -2.18. The van der Waals surface area contributed by atoms with E-state index in [1.165, 1.54) is 12.8 Å². The first-order chi connectivity index (χ1) is 8.15. The summed E-state index contributed by atoms with van der Waals surface area (Å²) < 4.78 is 5.80. The molecule has 17 heavy (non-hydrogen) atoms. The number of nitrogens with zero attached hydrogens (tertiary/aromatic N) is 1. The summed E-state index contributed by atoms with van der Waals surface area (Å²) in [6.45, 7) is 7.90. The summed E-state index contributed by atoms with van der Waals surface area (Å²) in [5.74, 6) is 1.47. The third kappa shape index (κ3) is 4.00. The van der Waals surface area contributed by atoms with Crippen LogP contribution in [0, 0.1) is 12.8 Å². The molecule has 94 valence electrons. The van der Waals surface area contributed by atoms with E-state index >= 15 is 0 Å². The smallest absolute Gasteiger partial charge is 0.142 e. The Balaban J connectivity index is 2.00. The molecule has 0 amide bonds. The van der Waals surface area contributed by atoms with Crippen molar-refractivity contribution in [1.29, 1.82) is 0 Å². The number of aryl methyl sites for hydroxylation is 1. The topological polar surface area (TPSA) is 34.1 Å². The molecule has 0 atom stereocenters. The van der Waals surface area contributed by atoms with E-state index in [0.29, 0.717) is 12.0 Å². The fourth-order valence-electron chi connectivity index (χ4n) is 1.64. The second-order valence-electron chi connectivity index (χ2n) is 5.26. The normalized spacial score (nSPS) is 15.3. The fraction of sp³-hybridized carbons (Fsp3) is 0.643. The molecule has 0 aliphatic heterocycles. The van der Waals surface area contributed by atoms with Crippen molar-refractivity contribution in [2.24, 2.45) is 5.92 Å². The molecule has 1 saturated carbocycles. The second kappa shape index (κ2) is 5.50. The van der Waals surface area contributed by atoms with Crippen LogP contribution >= 0.6 is 0 Å². The lowest BCUT2D eigenvalue weighted by Gasteiger charge is -2.13. The third-order valence-electron chi connectivity index (χ3n) is 2.78. The van der Waals surface area contributed by atoms with Gasteiger partial charge in [0.1, 0.15) is 5.75 Å². The van der Waals surface area contributed by atoms with E-state index in [2.05, 4.69) is 24.1 Å². The molecule has 0 spiro atoms. The summed E-state index contributed by atoms with van der Waals surface area (Å²) in [4.78, 5) is 4.56. The Hall–Kier alpha value is -1.09. The number of aromatic nitrogens is 1. The Morgan fingerprint density at radius 3 is 2.82 bits per heavy atom. The van der Waals surface area contributed by atoms with Crippen LogP contribution in [0.15, 0.2) is 12.1 Å². The number of pyridine rings is 1. The predicted octanol–water partition coefficient (Wildman–Crippen LogP) is 2.68. The zero-order valence-electron chi connectivity index (χ0n) is 11.0. The minimum atomic E-state index is 0.542. The molecular weight excluding hydrogens is 212 g/mol. The van der Waals surface area contributed by atoms with E-state index in [0.717, 1.165) is 30.3 Å². The molecule has 1 aromatic rings. The highest BCUT2D eigenvalue weighted by Crippen LogP contribution is 2.22. The van der Waals surface area contributed by atoms with Gasteiger partial charge in [-0.1, -0.05) is 13.8 Å². The van der Waals surface area contributed by atoms with Gasteiger partial charge in [-0.05, 0) is 37.8 Å². The van der Waals surface area contributed by atoms with Crippen LogP contribution in [-0.4, -0.2) is 17.6 Å². The van der Waals surface area contributed by atoms with Gasteiger partial charge >= 0.3 is 0 Å². The highest BCUT2D eigenvalue weighted by molar-refractivity contribution is 5.29. The lowest BCUT2D eigenvalue weighted by atomic mass is 10.2. The maximum absolute atomic E-state index is 5.80.